The van der Waals surface area contributed by atoms with Gasteiger partial charge in [-0.2, -0.15) is 0 Å². The Morgan fingerprint density at radius 3 is 1.46 bits per heavy atom. The van der Waals surface area contributed by atoms with E-state index in [9.17, 15) is 24.3 Å². The molecule has 0 aromatic rings. The van der Waals surface area contributed by atoms with Gasteiger partial charge in [0, 0.05) is 22.0 Å². The molecule has 0 aliphatic carbocycles. The molecule has 4 amide bonds. The van der Waals surface area contributed by atoms with Gasteiger partial charge in [0.05, 0.1) is 19.2 Å². The number of hydrogen-bond donors (Lipinski definition) is 1. The Labute approximate surface area is 153 Å². The maximum absolute atomic E-state index is 12.5. The number of imide groups is 2. The number of aliphatic hydroxyl groups excluding tert-OH is 1. The molecule has 2 aliphatic rings. The molecular weight excluding hydrogens is 336 g/mol. The number of nitrogens with zero attached hydrogens (tertiary/aromatic N) is 2. The Morgan fingerprint density at radius 1 is 0.846 bits per heavy atom. The molecule has 2 heterocycles. The van der Waals surface area contributed by atoms with Crippen LogP contribution in [0.15, 0.2) is 24.3 Å². The van der Waals surface area contributed by atoms with Crippen molar-refractivity contribution in [2.24, 2.45) is 10.8 Å². The van der Waals surface area contributed by atoms with Gasteiger partial charge >= 0.3 is 0 Å². The van der Waals surface area contributed by atoms with Crippen LogP contribution in [0, 0.1) is 10.8 Å². The van der Waals surface area contributed by atoms with Gasteiger partial charge < -0.3 is 5.11 Å². The average molecular weight is 362 g/mol. The Morgan fingerprint density at radius 2 is 1.15 bits per heavy atom. The first-order valence-corrected chi connectivity index (χ1v) is 8.54. The molecule has 2 saturated heterocycles. The molecule has 0 unspecified atom stereocenters. The molecule has 1 N–H and O–H groups in total. The highest BCUT2D eigenvalue weighted by Crippen LogP contribution is 2.35. The summed E-state index contributed by atoms with van der Waals surface area (Å²) in [7, 11) is 0. The first-order valence-electron chi connectivity index (χ1n) is 8.54. The van der Waals surface area contributed by atoms with E-state index >= 15 is 0 Å². The third kappa shape index (κ3) is 3.49. The third-order valence-corrected chi connectivity index (χ3v) is 4.84. The van der Waals surface area contributed by atoms with Crippen molar-refractivity contribution in [1.29, 1.82) is 0 Å². The van der Waals surface area contributed by atoms with Crippen molar-refractivity contribution in [3.05, 3.63) is 24.3 Å². The minimum atomic E-state index is -1.25. The first-order chi connectivity index (χ1) is 11.8. The lowest BCUT2D eigenvalue weighted by Crippen LogP contribution is -2.56. The number of rotatable bonds is 4. The summed E-state index contributed by atoms with van der Waals surface area (Å²) in [5.74, 6) is -1.88. The number of likely N-dealkylation sites (tertiary alicyclic amines) is 2. The molecule has 2 aliphatic heterocycles. The molecule has 0 bridgehead atoms. The zero-order valence-electron chi connectivity index (χ0n) is 15.8. The fourth-order valence-corrected chi connectivity index (χ4v) is 3.48. The molecule has 0 spiro atoms. The number of hydrogen-bond acceptors (Lipinski definition) is 5. The lowest BCUT2D eigenvalue weighted by atomic mass is 9.80. The van der Waals surface area contributed by atoms with Gasteiger partial charge in [0.25, 0.3) is 11.8 Å². The molecule has 0 saturated carbocycles. The minimum Gasteiger partial charge on any atom is -0.389 e. The zero-order chi connectivity index (χ0) is 20.0. The van der Waals surface area contributed by atoms with Crippen LogP contribution < -0.4 is 0 Å². The SMILES string of the molecule is C=C1CC(C)(C)C(=O)N(CC(O)CN2C(=O)C(=C)CC(C)(C)C2=O)C1=O. The highest BCUT2D eigenvalue weighted by Gasteiger charge is 2.45. The summed E-state index contributed by atoms with van der Waals surface area (Å²) >= 11 is 0. The van der Waals surface area contributed by atoms with E-state index in [1.807, 2.05) is 0 Å². The topological polar surface area (TPSA) is 95.0 Å². The second kappa shape index (κ2) is 6.46. The van der Waals surface area contributed by atoms with Gasteiger partial charge in [0.15, 0.2) is 0 Å². The van der Waals surface area contributed by atoms with Crippen LogP contribution in [0.4, 0.5) is 0 Å². The quantitative estimate of drug-likeness (QED) is 0.595. The highest BCUT2D eigenvalue weighted by molar-refractivity contribution is 6.09. The van der Waals surface area contributed by atoms with E-state index in [0.29, 0.717) is 11.1 Å². The van der Waals surface area contributed by atoms with Crippen LogP contribution in [-0.4, -0.2) is 57.7 Å². The van der Waals surface area contributed by atoms with E-state index in [-0.39, 0.29) is 25.9 Å². The van der Waals surface area contributed by atoms with Crippen molar-refractivity contribution in [1.82, 2.24) is 9.80 Å². The molecule has 0 radical (unpaired) electrons. The lowest BCUT2D eigenvalue weighted by Gasteiger charge is -2.40. The lowest BCUT2D eigenvalue weighted by molar-refractivity contribution is -0.156. The van der Waals surface area contributed by atoms with Crippen LogP contribution in [0.2, 0.25) is 0 Å². The van der Waals surface area contributed by atoms with Crippen molar-refractivity contribution in [3.8, 4) is 0 Å². The van der Waals surface area contributed by atoms with E-state index in [1.54, 1.807) is 27.7 Å². The summed E-state index contributed by atoms with van der Waals surface area (Å²) in [5, 5.41) is 10.4. The molecular formula is C19H26N2O5. The summed E-state index contributed by atoms with van der Waals surface area (Å²) in [6.07, 6.45) is -0.734. The summed E-state index contributed by atoms with van der Waals surface area (Å²) in [6, 6.07) is 0. The van der Waals surface area contributed by atoms with Gasteiger partial charge in [-0.05, 0) is 12.8 Å². The van der Waals surface area contributed by atoms with Crippen LogP contribution in [0.25, 0.3) is 0 Å². The monoisotopic (exact) mass is 362 g/mol. The number of carbonyl (C=O) groups is 4. The van der Waals surface area contributed by atoms with E-state index < -0.39 is 40.6 Å². The molecule has 0 aromatic heterocycles. The van der Waals surface area contributed by atoms with Gasteiger partial charge in [-0.1, -0.05) is 40.9 Å². The Hall–Kier alpha value is -2.28. The zero-order valence-corrected chi connectivity index (χ0v) is 15.8. The van der Waals surface area contributed by atoms with Crippen molar-refractivity contribution >= 4 is 23.6 Å². The van der Waals surface area contributed by atoms with Crippen LogP contribution in [0.3, 0.4) is 0 Å². The Bertz CT molecular complexity index is 659. The maximum Gasteiger partial charge on any atom is 0.255 e. The van der Waals surface area contributed by atoms with Crippen molar-refractivity contribution in [3.63, 3.8) is 0 Å². The van der Waals surface area contributed by atoms with Crippen LogP contribution >= 0.6 is 0 Å². The molecule has 0 aromatic carbocycles. The number of β-amino-alcohol motifs (C(OH)–C–C–N with tert-alkyl or cyclic N) is 1. The third-order valence-electron chi connectivity index (χ3n) is 4.84. The summed E-state index contributed by atoms with van der Waals surface area (Å²) in [6.45, 7) is 13.6. The van der Waals surface area contributed by atoms with E-state index in [4.69, 9.17) is 0 Å². The van der Waals surface area contributed by atoms with Gasteiger partial charge in [-0.25, -0.2) is 0 Å². The predicted molar refractivity (Wildman–Crippen MR) is 94.5 cm³/mol. The van der Waals surface area contributed by atoms with Crippen LogP contribution in [-0.2, 0) is 19.2 Å². The smallest absolute Gasteiger partial charge is 0.255 e. The Balaban J connectivity index is 2.15. The molecule has 26 heavy (non-hydrogen) atoms. The number of amides is 4. The molecule has 2 fully saturated rings. The predicted octanol–water partition coefficient (Wildman–Crippen LogP) is 1.03. The summed E-state index contributed by atoms with van der Waals surface area (Å²) in [5.41, 5.74) is -1.00. The van der Waals surface area contributed by atoms with Gasteiger partial charge in [0.1, 0.15) is 0 Å². The molecule has 142 valence electrons. The van der Waals surface area contributed by atoms with Crippen LogP contribution in [0.5, 0.6) is 0 Å². The second-order valence-electron chi connectivity index (χ2n) is 8.42. The standard InChI is InChI=1S/C19H26N2O5/c1-11-7-18(3,4)16(25)20(14(11)23)9-13(22)10-21-15(24)12(2)8-19(5,6)17(21)26/h13,22H,1-2,7-10H2,3-6H3. The van der Waals surface area contributed by atoms with Gasteiger partial charge in [0.2, 0.25) is 11.8 Å². The summed E-state index contributed by atoms with van der Waals surface area (Å²) < 4.78 is 0. The molecule has 2 rings (SSSR count). The van der Waals surface area contributed by atoms with Crippen LogP contribution in [0.1, 0.15) is 40.5 Å². The summed E-state index contributed by atoms with van der Waals surface area (Å²) in [4.78, 5) is 51.5. The maximum atomic E-state index is 12.5. The number of aliphatic hydroxyl groups is 1. The Kier molecular flexibility index (Phi) is 4.98. The minimum absolute atomic E-state index is 0.258. The largest absolute Gasteiger partial charge is 0.389 e. The molecule has 0 atom stereocenters. The fourth-order valence-electron chi connectivity index (χ4n) is 3.48. The second-order valence-corrected chi connectivity index (χ2v) is 8.42. The molecule has 7 nitrogen and oxygen atoms in total. The number of carbonyl (C=O) groups excluding carboxylic acids is 4. The van der Waals surface area contributed by atoms with Crippen molar-refractivity contribution < 1.29 is 24.3 Å². The normalized spacial score (nSPS) is 23.3. The van der Waals surface area contributed by atoms with E-state index in [2.05, 4.69) is 13.2 Å². The first kappa shape index (κ1) is 20.0. The highest BCUT2D eigenvalue weighted by atomic mass is 16.3. The van der Waals surface area contributed by atoms with E-state index in [1.165, 1.54) is 0 Å². The number of piperidine rings is 2. The van der Waals surface area contributed by atoms with Gasteiger partial charge in [-0.3, -0.25) is 29.0 Å². The average Bonchev–Trinajstić information content (AvgIpc) is 2.51. The van der Waals surface area contributed by atoms with Crippen molar-refractivity contribution in [2.75, 3.05) is 13.1 Å². The van der Waals surface area contributed by atoms with Gasteiger partial charge in [-0.15, -0.1) is 0 Å². The fraction of sp³-hybridized carbons (Fsp3) is 0.579. The van der Waals surface area contributed by atoms with Crippen molar-refractivity contribution in [2.45, 2.75) is 46.6 Å². The van der Waals surface area contributed by atoms with E-state index in [0.717, 1.165) is 9.80 Å². The molecule has 7 heteroatoms.